The quantitative estimate of drug-likeness (QED) is 0.928. The van der Waals surface area contributed by atoms with E-state index in [1.165, 1.54) is 0 Å². The van der Waals surface area contributed by atoms with Crippen molar-refractivity contribution >= 4 is 29.2 Å². The highest BCUT2D eigenvalue weighted by atomic mass is 35.5. The highest BCUT2D eigenvalue weighted by Gasteiger charge is 2.27. The zero-order valence-corrected chi connectivity index (χ0v) is 13.0. The predicted molar refractivity (Wildman–Crippen MR) is 82.4 cm³/mol. The molecule has 3 nitrogen and oxygen atoms in total. The summed E-state index contributed by atoms with van der Waals surface area (Å²) < 4.78 is 0. The Morgan fingerprint density at radius 1 is 1.32 bits per heavy atom. The lowest BCUT2D eigenvalue weighted by molar-refractivity contribution is 0.481. The van der Waals surface area contributed by atoms with Crippen molar-refractivity contribution < 1.29 is 0 Å². The van der Waals surface area contributed by atoms with Crippen molar-refractivity contribution in [1.29, 1.82) is 0 Å². The van der Waals surface area contributed by atoms with E-state index in [0.717, 1.165) is 31.2 Å². The maximum absolute atomic E-state index is 6.29. The largest absolute Gasteiger partial charge is 0.355 e. The highest BCUT2D eigenvalue weighted by molar-refractivity contribution is 6.36. The number of rotatable bonds is 3. The first kappa shape index (κ1) is 14.5. The third-order valence-corrected chi connectivity index (χ3v) is 4.02. The van der Waals surface area contributed by atoms with E-state index in [1.807, 2.05) is 25.2 Å². The van der Waals surface area contributed by atoms with Crippen LogP contribution in [0.4, 0.5) is 0 Å². The molecular formula is C14H19Cl2N3. The van der Waals surface area contributed by atoms with Gasteiger partial charge in [-0.25, -0.2) is 0 Å². The van der Waals surface area contributed by atoms with Crippen molar-refractivity contribution in [2.45, 2.75) is 19.3 Å². The van der Waals surface area contributed by atoms with Gasteiger partial charge in [-0.1, -0.05) is 43.1 Å². The molecule has 0 atom stereocenters. The lowest BCUT2D eigenvalue weighted by Gasteiger charge is -2.29. The molecule has 0 aromatic heterocycles. The Bertz CT molecular complexity index is 477. The molecular weight excluding hydrogens is 281 g/mol. The Balaban J connectivity index is 2.14. The molecule has 1 heterocycles. The van der Waals surface area contributed by atoms with Crippen molar-refractivity contribution in [3.63, 3.8) is 0 Å². The minimum absolute atomic E-state index is 0.165. The molecule has 1 aromatic carbocycles. The molecule has 1 aliphatic heterocycles. The molecule has 0 aliphatic carbocycles. The Kier molecular flexibility index (Phi) is 4.26. The summed E-state index contributed by atoms with van der Waals surface area (Å²) >= 11 is 12.6. The van der Waals surface area contributed by atoms with Gasteiger partial charge >= 0.3 is 0 Å². The maximum atomic E-state index is 6.29. The molecule has 19 heavy (non-hydrogen) atoms. The van der Waals surface area contributed by atoms with Crippen molar-refractivity contribution in [2.24, 2.45) is 4.99 Å². The number of nitrogens with zero attached hydrogens (tertiary/aromatic N) is 2. The van der Waals surface area contributed by atoms with E-state index in [0.29, 0.717) is 10.0 Å². The van der Waals surface area contributed by atoms with Crippen molar-refractivity contribution in [1.82, 2.24) is 10.2 Å². The molecule has 1 aromatic rings. The fourth-order valence-electron chi connectivity index (χ4n) is 2.26. The van der Waals surface area contributed by atoms with E-state index in [4.69, 9.17) is 23.2 Å². The van der Waals surface area contributed by atoms with Gasteiger partial charge < -0.3 is 10.2 Å². The Labute approximate surface area is 124 Å². The minimum Gasteiger partial charge on any atom is -0.355 e. The first-order valence-corrected chi connectivity index (χ1v) is 7.11. The number of benzene rings is 1. The number of hydrogen-bond donors (Lipinski definition) is 1. The van der Waals surface area contributed by atoms with Gasteiger partial charge in [-0.2, -0.15) is 0 Å². The SMILES string of the molecule is CN1CCN=C1NCC(C)(C)c1c(Cl)cccc1Cl. The molecule has 0 amide bonds. The molecule has 5 heteroatoms. The van der Waals surface area contributed by atoms with Crippen molar-refractivity contribution in [3.05, 3.63) is 33.8 Å². The molecule has 0 saturated heterocycles. The molecule has 0 unspecified atom stereocenters. The van der Waals surface area contributed by atoms with Crippen LogP contribution in [0.3, 0.4) is 0 Å². The summed E-state index contributed by atoms with van der Waals surface area (Å²) in [6, 6.07) is 5.62. The molecule has 1 N–H and O–H groups in total. The molecule has 0 saturated carbocycles. The first-order chi connectivity index (χ1) is 8.92. The van der Waals surface area contributed by atoms with Gasteiger partial charge in [0.1, 0.15) is 0 Å². The number of hydrogen-bond acceptors (Lipinski definition) is 3. The van der Waals surface area contributed by atoms with E-state index in [1.54, 1.807) is 0 Å². The van der Waals surface area contributed by atoms with Crippen LogP contribution in [0.1, 0.15) is 19.4 Å². The number of nitrogens with one attached hydrogen (secondary N) is 1. The first-order valence-electron chi connectivity index (χ1n) is 6.36. The van der Waals surface area contributed by atoms with Crippen LogP contribution in [0, 0.1) is 0 Å². The topological polar surface area (TPSA) is 27.6 Å². The zero-order chi connectivity index (χ0) is 14.0. The monoisotopic (exact) mass is 299 g/mol. The van der Waals surface area contributed by atoms with Gasteiger partial charge in [0.25, 0.3) is 0 Å². The summed E-state index contributed by atoms with van der Waals surface area (Å²) in [5, 5.41) is 4.80. The third-order valence-electron chi connectivity index (χ3n) is 3.39. The fraction of sp³-hybridized carbons (Fsp3) is 0.500. The average molecular weight is 300 g/mol. The zero-order valence-electron chi connectivity index (χ0n) is 11.5. The summed E-state index contributed by atoms with van der Waals surface area (Å²) in [4.78, 5) is 6.54. The van der Waals surface area contributed by atoms with Gasteiger partial charge in [-0.05, 0) is 17.7 Å². The summed E-state index contributed by atoms with van der Waals surface area (Å²) in [7, 11) is 2.04. The van der Waals surface area contributed by atoms with E-state index < -0.39 is 0 Å². The van der Waals surface area contributed by atoms with Crippen LogP contribution >= 0.6 is 23.2 Å². The second kappa shape index (κ2) is 5.59. The van der Waals surface area contributed by atoms with Crippen LogP contribution < -0.4 is 5.32 Å². The summed E-state index contributed by atoms with van der Waals surface area (Å²) in [6.07, 6.45) is 0. The second-order valence-corrected chi connectivity index (χ2v) is 6.28. The van der Waals surface area contributed by atoms with E-state index >= 15 is 0 Å². The van der Waals surface area contributed by atoms with Gasteiger partial charge in [0.15, 0.2) is 5.96 Å². The summed E-state index contributed by atoms with van der Waals surface area (Å²) in [5.74, 6) is 0.941. The second-order valence-electron chi connectivity index (χ2n) is 5.46. The highest BCUT2D eigenvalue weighted by Crippen LogP contribution is 2.35. The maximum Gasteiger partial charge on any atom is 0.193 e. The van der Waals surface area contributed by atoms with Crippen molar-refractivity contribution in [3.8, 4) is 0 Å². The molecule has 1 aliphatic rings. The lowest BCUT2D eigenvalue weighted by Crippen LogP contribution is -2.42. The molecule has 2 rings (SSSR count). The molecule has 0 spiro atoms. The van der Waals surface area contributed by atoms with Gasteiger partial charge in [0, 0.05) is 35.6 Å². The number of halogens is 2. The average Bonchev–Trinajstić information content (AvgIpc) is 2.72. The Hall–Kier alpha value is -0.930. The lowest BCUT2D eigenvalue weighted by atomic mass is 9.84. The van der Waals surface area contributed by atoms with Crippen LogP contribution in [-0.4, -0.2) is 37.5 Å². The molecule has 0 bridgehead atoms. The van der Waals surface area contributed by atoms with Gasteiger partial charge in [0.2, 0.25) is 0 Å². The number of guanidine groups is 1. The van der Waals surface area contributed by atoms with E-state index in [9.17, 15) is 0 Å². The van der Waals surface area contributed by atoms with Gasteiger partial charge in [-0.15, -0.1) is 0 Å². The summed E-state index contributed by atoms with van der Waals surface area (Å²) in [5.41, 5.74) is 0.813. The van der Waals surface area contributed by atoms with Gasteiger partial charge in [-0.3, -0.25) is 4.99 Å². The van der Waals surface area contributed by atoms with Gasteiger partial charge in [0.05, 0.1) is 6.54 Å². The van der Waals surface area contributed by atoms with Crippen LogP contribution in [0.5, 0.6) is 0 Å². The molecule has 0 fully saturated rings. The van der Waals surface area contributed by atoms with Crippen LogP contribution in [0.2, 0.25) is 10.0 Å². The number of likely N-dealkylation sites (N-methyl/N-ethyl adjacent to an activating group) is 1. The van der Waals surface area contributed by atoms with Crippen molar-refractivity contribution in [2.75, 3.05) is 26.7 Å². The van der Waals surface area contributed by atoms with Crippen LogP contribution in [0.25, 0.3) is 0 Å². The standard InChI is InChI=1S/C14H19Cl2N3/c1-14(2,9-18-13-17-7-8-19(13)3)12-10(15)5-4-6-11(12)16/h4-6H,7-9H2,1-3H3,(H,17,18). The molecule has 0 radical (unpaired) electrons. The minimum atomic E-state index is -0.165. The van der Waals surface area contributed by atoms with E-state index in [2.05, 4.69) is 29.1 Å². The molecule has 104 valence electrons. The normalized spacial score (nSPS) is 15.6. The fourth-order valence-corrected chi connectivity index (χ4v) is 3.17. The van der Waals surface area contributed by atoms with Crippen LogP contribution in [-0.2, 0) is 5.41 Å². The third kappa shape index (κ3) is 3.15. The predicted octanol–water partition coefficient (Wildman–Crippen LogP) is 3.16. The van der Waals surface area contributed by atoms with Crippen LogP contribution in [0.15, 0.2) is 23.2 Å². The van der Waals surface area contributed by atoms with E-state index in [-0.39, 0.29) is 5.41 Å². The number of aliphatic imine (C=N–C) groups is 1. The summed E-state index contributed by atoms with van der Waals surface area (Å²) in [6.45, 7) is 6.81. The smallest absolute Gasteiger partial charge is 0.193 e. The Morgan fingerprint density at radius 3 is 2.47 bits per heavy atom. The Morgan fingerprint density at radius 2 is 1.95 bits per heavy atom.